The van der Waals surface area contributed by atoms with Crippen molar-refractivity contribution in [1.82, 2.24) is 14.6 Å². The molecule has 5 nitrogen and oxygen atoms in total. The summed E-state index contributed by atoms with van der Waals surface area (Å²) in [6.45, 7) is 4.57. The van der Waals surface area contributed by atoms with Gasteiger partial charge in [-0.2, -0.15) is 4.37 Å². The number of carboxylic acids is 1. The maximum absolute atomic E-state index is 10.9. The molecule has 0 saturated carbocycles. The van der Waals surface area contributed by atoms with E-state index >= 15 is 0 Å². The average molecular weight is 227 g/mol. The van der Waals surface area contributed by atoms with Crippen LogP contribution in [0.3, 0.4) is 0 Å². The Bertz CT molecular complexity index is 347. The summed E-state index contributed by atoms with van der Waals surface area (Å²) in [5.74, 6) is -0.873. The van der Waals surface area contributed by atoms with Crippen LogP contribution in [-0.2, 0) is 6.54 Å². The Kier molecular flexibility index (Phi) is 3.30. The van der Waals surface area contributed by atoms with Crippen LogP contribution in [0.25, 0.3) is 0 Å². The van der Waals surface area contributed by atoms with E-state index in [9.17, 15) is 4.79 Å². The van der Waals surface area contributed by atoms with E-state index in [0.717, 1.165) is 43.3 Å². The van der Waals surface area contributed by atoms with Crippen molar-refractivity contribution in [2.75, 3.05) is 26.2 Å². The molecule has 0 spiro atoms. The molecule has 0 radical (unpaired) electrons. The van der Waals surface area contributed by atoms with Crippen molar-refractivity contribution in [2.24, 2.45) is 0 Å². The summed E-state index contributed by atoms with van der Waals surface area (Å²) < 4.78 is 3.93. The van der Waals surface area contributed by atoms with Crippen LogP contribution in [-0.4, -0.2) is 46.5 Å². The van der Waals surface area contributed by atoms with Gasteiger partial charge in [0.15, 0.2) is 0 Å². The van der Waals surface area contributed by atoms with Gasteiger partial charge in [-0.15, -0.1) is 0 Å². The Morgan fingerprint density at radius 3 is 3.00 bits per heavy atom. The van der Waals surface area contributed by atoms with Crippen molar-refractivity contribution in [1.29, 1.82) is 0 Å². The number of carboxylic acid groups (broad SMARTS) is 1. The molecule has 1 fully saturated rings. The molecule has 1 aromatic heterocycles. The van der Waals surface area contributed by atoms with Crippen LogP contribution >= 0.6 is 11.5 Å². The predicted molar refractivity (Wildman–Crippen MR) is 57.2 cm³/mol. The standard InChI is InChI=1S/C9H13N3O2S/c13-9(14)8-7(5-11-15-8)6-12-3-1-10-2-4-12/h5,10H,1-4,6H2,(H,13,14). The topological polar surface area (TPSA) is 65.5 Å². The van der Waals surface area contributed by atoms with Crippen molar-refractivity contribution < 1.29 is 9.90 Å². The van der Waals surface area contributed by atoms with Crippen LogP contribution < -0.4 is 5.32 Å². The van der Waals surface area contributed by atoms with E-state index in [4.69, 9.17) is 5.11 Å². The highest BCUT2D eigenvalue weighted by Crippen LogP contribution is 2.15. The van der Waals surface area contributed by atoms with E-state index in [1.807, 2.05) is 0 Å². The van der Waals surface area contributed by atoms with Crippen molar-refractivity contribution in [3.8, 4) is 0 Å². The second-order valence-electron chi connectivity index (χ2n) is 3.51. The number of piperazine rings is 1. The number of hydrogen-bond acceptors (Lipinski definition) is 5. The number of aromatic carboxylic acids is 1. The molecule has 1 aromatic rings. The number of nitrogens with one attached hydrogen (secondary N) is 1. The lowest BCUT2D eigenvalue weighted by atomic mass is 10.2. The quantitative estimate of drug-likeness (QED) is 0.774. The second-order valence-corrected chi connectivity index (χ2v) is 4.31. The molecule has 2 rings (SSSR count). The Morgan fingerprint density at radius 1 is 1.60 bits per heavy atom. The normalized spacial score (nSPS) is 17.9. The minimum atomic E-state index is -0.873. The molecule has 0 aromatic carbocycles. The smallest absolute Gasteiger partial charge is 0.347 e. The molecular weight excluding hydrogens is 214 g/mol. The molecule has 0 bridgehead atoms. The van der Waals surface area contributed by atoms with E-state index in [1.165, 1.54) is 0 Å². The van der Waals surface area contributed by atoms with Crippen molar-refractivity contribution >= 4 is 17.5 Å². The summed E-state index contributed by atoms with van der Waals surface area (Å²) in [5, 5.41) is 12.2. The summed E-state index contributed by atoms with van der Waals surface area (Å²) in [6, 6.07) is 0. The molecule has 1 aliphatic heterocycles. The van der Waals surface area contributed by atoms with Crippen molar-refractivity contribution in [3.63, 3.8) is 0 Å². The van der Waals surface area contributed by atoms with Gasteiger partial charge in [0.25, 0.3) is 0 Å². The van der Waals surface area contributed by atoms with E-state index < -0.39 is 5.97 Å². The van der Waals surface area contributed by atoms with E-state index in [-0.39, 0.29) is 0 Å². The molecular formula is C9H13N3O2S. The zero-order valence-electron chi connectivity index (χ0n) is 8.27. The third-order valence-corrected chi connectivity index (χ3v) is 3.27. The molecule has 15 heavy (non-hydrogen) atoms. The fraction of sp³-hybridized carbons (Fsp3) is 0.556. The highest BCUT2D eigenvalue weighted by molar-refractivity contribution is 7.08. The number of hydrogen-bond donors (Lipinski definition) is 2. The Morgan fingerprint density at radius 2 is 2.33 bits per heavy atom. The van der Waals surface area contributed by atoms with Crippen LogP contribution in [0.4, 0.5) is 0 Å². The zero-order chi connectivity index (χ0) is 10.7. The molecule has 82 valence electrons. The largest absolute Gasteiger partial charge is 0.477 e. The number of aromatic nitrogens is 1. The summed E-state index contributed by atoms with van der Waals surface area (Å²) >= 11 is 1.05. The maximum atomic E-state index is 10.9. The van der Waals surface area contributed by atoms with Gasteiger partial charge in [0.05, 0.1) is 0 Å². The number of carbonyl (C=O) groups is 1. The minimum absolute atomic E-state index is 0.369. The van der Waals surface area contributed by atoms with Crippen molar-refractivity contribution in [3.05, 3.63) is 16.6 Å². The molecule has 6 heteroatoms. The first-order valence-electron chi connectivity index (χ1n) is 4.87. The minimum Gasteiger partial charge on any atom is -0.477 e. The Hall–Kier alpha value is -0.980. The van der Waals surface area contributed by atoms with E-state index in [2.05, 4.69) is 14.6 Å². The van der Waals surface area contributed by atoms with Gasteiger partial charge in [-0.25, -0.2) is 4.79 Å². The third-order valence-electron chi connectivity index (χ3n) is 2.44. The lowest BCUT2D eigenvalue weighted by Crippen LogP contribution is -2.43. The molecule has 0 amide bonds. The van der Waals surface area contributed by atoms with Crippen LogP contribution in [0.15, 0.2) is 6.20 Å². The molecule has 1 aliphatic rings. The fourth-order valence-corrected chi connectivity index (χ4v) is 2.26. The summed E-state index contributed by atoms with van der Waals surface area (Å²) in [5.41, 5.74) is 0.828. The van der Waals surface area contributed by atoms with Gasteiger partial charge in [-0.1, -0.05) is 0 Å². The highest BCUT2D eigenvalue weighted by Gasteiger charge is 2.17. The lowest BCUT2D eigenvalue weighted by Gasteiger charge is -2.26. The van der Waals surface area contributed by atoms with Crippen LogP contribution in [0.2, 0.25) is 0 Å². The van der Waals surface area contributed by atoms with Crippen LogP contribution in [0, 0.1) is 0 Å². The average Bonchev–Trinajstić information content (AvgIpc) is 2.67. The molecule has 0 atom stereocenters. The summed E-state index contributed by atoms with van der Waals surface area (Å²) in [4.78, 5) is 13.5. The summed E-state index contributed by atoms with van der Waals surface area (Å²) in [7, 11) is 0. The molecule has 0 unspecified atom stereocenters. The Labute approximate surface area is 91.9 Å². The zero-order valence-corrected chi connectivity index (χ0v) is 9.09. The third kappa shape index (κ3) is 2.53. The molecule has 2 N–H and O–H groups in total. The van der Waals surface area contributed by atoms with Gasteiger partial charge in [-0.05, 0) is 11.5 Å². The molecule has 2 heterocycles. The van der Waals surface area contributed by atoms with Gasteiger partial charge in [-0.3, -0.25) is 4.90 Å². The van der Waals surface area contributed by atoms with Gasteiger partial charge in [0, 0.05) is 44.5 Å². The van der Waals surface area contributed by atoms with Crippen LogP contribution in [0.1, 0.15) is 15.2 Å². The van der Waals surface area contributed by atoms with E-state index in [1.54, 1.807) is 6.20 Å². The first-order valence-corrected chi connectivity index (χ1v) is 5.64. The monoisotopic (exact) mass is 227 g/mol. The number of rotatable bonds is 3. The summed E-state index contributed by atoms with van der Waals surface area (Å²) in [6.07, 6.45) is 1.66. The van der Waals surface area contributed by atoms with Gasteiger partial charge in [0.1, 0.15) is 4.88 Å². The highest BCUT2D eigenvalue weighted by atomic mass is 32.1. The van der Waals surface area contributed by atoms with Crippen molar-refractivity contribution in [2.45, 2.75) is 6.54 Å². The van der Waals surface area contributed by atoms with Gasteiger partial charge in [0.2, 0.25) is 0 Å². The molecule has 0 aliphatic carbocycles. The fourth-order valence-electron chi connectivity index (χ4n) is 1.66. The van der Waals surface area contributed by atoms with Gasteiger partial charge >= 0.3 is 5.97 Å². The predicted octanol–water partition coefficient (Wildman–Crippen LogP) is 0.246. The first kappa shape index (κ1) is 10.5. The second kappa shape index (κ2) is 4.69. The molecule has 1 saturated heterocycles. The first-order chi connectivity index (χ1) is 7.27. The van der Waals surface area contributed by atoms with Crippen LogP contribution in [0.5, 0.6) is 0 Å². The SMILES string of the molecule is O=C(O)c1sncc1CN1CCNCC1. The lowest BCUT2D eigenvalue weighted by molar-refractivity contribution is 0.0700. The maximum Gasteiger partial charge on any atom is 0.347 e. The van der Waals surface area contributed by atoms with E-state index in [0.29, 0.717) is 11.4 Å². The van der Waals surface area contributed by atoms with Gasteiger partial charge < -0.3 is 10.4 Å². The Balaban J connectivity index is 2.03. The number of nitrogens with zero attached hydrogens (tertiary/aromatic N) is 2.